The fourth-order valence-electron chi connectivity index (χ4n) is 5.01. The first-order valence-electron chi connectivity index (χ1n) is 12.9. The Bertz CT molecular complexity index is 1890. The lowest BCUT2D eigenvalue weighted by Crippen LogP contribution is -2.33. The summed E-state index contributed by atoms with van der Waals surface area (Å²) < 4.78 is 39.2. The van der Waals surface area contributed by atoms with Crippen LogP contribution in [0.3, 0.4) is 0 Å². The molecule has 12 heteroatoms. The van der Waals surface area contributed by atoms with Gasteiger partial charge in [0.15, 0.2) is 23.1 Å². The molecule has 1 amide bonds. The average Bonchev–Trinajstić information content (AvgIpc) is 3.52. The SMILES string of the molecule is COc1cc2nccc(Oc3ccc(NC(=O)c4c5n(c(C)c(-c6ccsc6)c4=O)CCOC5)cc3F)c2nc1OC. The van der Waals surface area contributed by atoms with E-state index in [9.17, 15) is 9.59 Å². The van der Waals surface area contributed by atoms with Gasteiger partial charge >= 0.3 is 0 Å². The summed E-state index contributed by atoms with van der Waals surface area (Å²) in [6, 6.07) is 9.05. The van der Waals surface area contributed by atoms with Crippen molar-refractivity contribution in [2.24, 2.45) is 0 Å². The first-order chi connectivity index (χ1) is 20.4. The number of anilines is 1. The number of aromatic nitrogens is 3. The predicted octanol–water partition coefficient (Wildman–Crippen LogP) is 5.56. The highest BCUT2D eigenvalue weighted by molar-refractivity contribution is 7.08. The molecule has 0 saturated carbocycles. The Hall–Kier alpha value is -4.81. The third kappa shape index (κ3) is 4.84. The predicted molar refractivity (Wildman–Crippen MR) is 155 cm³/mol. The molecule has 0 unspecified atom stereocenters. The fourth-order valence-corrected chi connectivity index (χ4v) is 5.66. The number of halogens is 1. The number of benzene rings is 1. The Morgan fingerprint density at radius 2 is 1.98 bits per heavy atom. The summed E-state index contributed by atoms with van der Waals surface area (Å²) in [5.41, 5.74) is 3.02. The number of ether oxygens (including phenoxy) is 4. The van der Waals surface area contributed by atoms with Gasteiger partial charge in [-0.1, -0.05) is 0 Å². The van der Waals surface area contributed by atoms with Crippen molar-refractivity contribution in [3.8, 4) is 34.3 Å². The molecule has 6 rings (SSSR count). The fraction of sp³-hybridized carbons (Fsp3) is 0.200. The molecule has 0 spiro atoms. The molecule has 1 aliphatic heterocycles. The van der Waals surface area contributed by atoms with Crippen molar-refractivity contribution in [3.05, 3.63) is 86.3 Å². The number of hydrogen-bond acceptors (Lipinski definition) is 9. The smallest absolute Gasteiger partial charge is 0.261 e. The van der Waals surface area contributed by atoms with Crippen molar-refractivity contribution in [2.75, 3.05) is 26.1 Å². The number of nitrogens with one attached hydrogen (secondary N) is 1. The lowest BCUT2D eigenvalue weighted by Gasteiger charge is -2.26. The zero-order valence-electron chi connectivity index (χ0n) is 22.9. The number of amides is 1. The average molecular weight is 589 g/mol. The number of nitrogens with zero attached hydrogens (tertiary/aromatic N) is 3. The summed E-state index contributed by atoms with van der Waals surface area (Å²) in [5, 5.41) is 6.43. The largest absolute Gasteiger partial charge is 0.491 e. The van der Waals surface area contributed by atoms with Crippen LogP contribution in [-0.2, 0) is 17.9 Å². The van der Waals surface area contributed by atoms with E-state index >= 15 is 4.39 Å². The third-order valence-corrected chi connectivity index (χ3v) is 7.68. The van der Waals surface area contributed by atoms with Crippen molar-refractivity contribution in [3.63, 3.8) is 0 Å². The van der Waals surface area contributed by atoms with Crippen LogP contribution < -0.4 is 25.0 Å². The summed E-state index contributed by atoms with van der Waals surface area (Å²) >= 11 is 1.47. The van der Waals surface area contributed by atoms with Crippen LogP contribution >= 0.6 is 11.3 Å². The Morgan fingerprint density at radius 1 is 1.12 bits per heavy atom. The van der Waals surface area contributed by atoms with Gasteiger partial charge in [0.05, 0.1) is 44.2 Å². The van der Waals surface area contributed by atoms with Crippen LogP contribution in [0.5, 0.6) is 23.1 Å². The van der Waals surface area contributed by atoms with Crippen molar-refractivity contribution in [1.82, 2.24) is 14.5 Å². The minimum Gasteiger partial charge on any atom is -0.491 e. The molecular weight excluding hydrogens is 563 g/mol. The molecule has 0 aliphatic carbocycles. The molecule has 0 radical (unpaired) electrons. The van der Waals surface area contributed by atoms with Gasteiger partial charge in [0, 0.05) is 42.3 Å². The maximum Gasteiger partial charge on any atom is 0.261 e. The zero-order valence-corrected chi connectivity index (χ0v) is 23.7. The quantitative estimate of drug-likeness (QED) is 0.263. The monoisotopic (exact) mass is 588 g/mol. The topological polar surface area (TPSA) is 114 Å². The summed E-state index contributed by atoms with van der Waals surface area (Å²) in [6.07, 6.45) is 1.51. The van der Waals surface area contributed by atoms with Crippen LogP contribution in [0.15, 0.2) is 58.1 Å². The molecule has 42 heavy (non-hydrogen) atoms. The maximum absolute atomic E-state index is 15.3. The number of rotatable bonds is 7. The van der Waals surface area contributed by atoms with Crippen LogP contribution in [0.25, 0.3) is 22.2 Å². The van der Waals surface area contributed by atoms with Crippen molar-refractivity contribution in [2.45, 2.75) is 20.1 Å². The standard InChI is InChI=1S/C30H25FN4O6S/c1-16-25(17-7-11-42-15-17)28(36)26(21-14-40-10-9-35(16)21)29(37)33-18-4-5-22(19(31)12-18)41-23-6-8-32-20-13-24(38-2)30(39-3)34-27(20)23/h4-8,11-13,15H,9-10,14H2,1-3H3,(H,33,37). The van der Waals surface area contributed by atoms with Crippen LogP contribution in [0, 0.1) is 12.7 Å². The Labute approximate surface area is 243 Å². The molecule has 4 aromatic heterocycles. The highest BCUT2D eigenvalue weighted by Crippen LogP contribution is 2.35. The van der Waals surface area contributed by atoms with Crippen LogP contribution in [0.4, 0.5) is 10.1 Å². The number of carbonyl (C=O) groups excluding carboxylic acids is 1. The molecule has 0 bridgehead atoms. The summed E-state index contributed by atoms with van der Waals surface area (Å²) in [6.45, 7) is 2.97. The molecule has 5 aromatic rings. The lowest BCUT2D eigenvalue weighted by atomic mass is 10.00. The Kier molecular flexibility index (Phi) is 7.31. The Balaban J connectivity index is 1.31. The van der Waals surface area contributed by atoms with Crippen molar-refractivity contribution >= 4 is 34.0 Å². The van der Waals surface area contributed by atoms with Gasteiger partial charge in [0.2, 0.25) is 5.43 Å². The van der Waals surface area contributed by atoms with Crippen LogP contribution in [0.1, 0.15) is 21.7 Å². The van der Waals surface area contributed by atoms with Gasteiger partial charge in [0.1, 0.15) is 11.1 Å². The lowest BCUT2D eigenvalue weighted by molar-refractivity contribution is 0.0801. The van der Waals surface area contributed by atoms with E-state index in [0.717, 1.165) is 17.3 Å². The second-order valence-electron chi connectivity index (χ2n) is 9.41. The summed E-state index contributed by atoms with van der Waals surface area (Å²) in [4.78, 5) is 35.9. The molecule has 10 nitrogen and oxygen atoms in total. The first-order valence-corrected chi connectivity index (χ1v) is 13.9. The second kappa shape index (κ2) is 11.2. The minimum atomic E-state index is -0.733. The normalized spacial score (nSPS) is 12.6. The third-order valence-electron chi connectivity index (χ3n) is 7.00. The number of fused-ring (bicyclic) bond motifs is 2. The summed E-state index contributed by atoms with van der Waals surface area (Å²) in [7, 11) is 2.94. The highest BCUT2D eigenvalue weighted by atomic mass is 32.1. The molecule has 0 atom stereocenters. The maximum atomic E-state index is 15.3. The van der Waals surface area contributed by atoms with Gasteiger partial charge in [-0.3, -0.25) is 14.6 Å². The highest BCUT2D eigenvalue weighted by Gasteiger charge is 2.27. The minimum absolute atomic E-state index is 0.0269. The Morgan fingerprint density at radius 3 is 2.71 bits per heavy atom. The van der Waals surface area contributed by atoms with E-state index in [-0.39, 0.29) is 35.2 Å². The van der Waals surface area contributed by atoms with Crippen LogP contribution in [0.2, 0.25) is 0 Å². The van der Waals surface area contributed by atoms with E-state index in [2.05, 4.69) is 15.3 Å². The summed E-state index contributed by atoms with van der Waals surface area (Å²) in [5.74, 6) is -0.616. The van der Waals surface area contributed by atoms with E-state index in [0.29, 0.717) is 41.2 Å². The first kappa shape index (κ1) is 27.4. The van der Waals surface area contributed by atoms with E-state index in [1.54, 1.807) is 12.1 Å². The van der Waals surface area contributed by atoms with Gasteiger partial charge in [-0.25, -0.2) is 9.37 Å². The van der Waals surface area contributed by atoms with Gasteiger partial charge < -0.3 is 28.8 Å². The number of carbonyl (C=O) groups is 1. The van der Waals surface area contributed by atoms with Gasteiger partial charge in [0.25, 0.3) is 11.8 Å². The molecule has 1 aliphatic rings. The molecule has 5 heterocycles. The number of hydrogen-bond donors (Lipinski definition) is 1. The van der Waals surface area contributed by atoms with Gasteiger partial charge in [-0.15, -0.1) is 0 Å². The number of thiophene rings is 1. The van der Waals surface area contributed by atoms with Gasteiger partial charge in [-0.2, -0.15) is 11.3 Å². The van der Waals surface area contributed by atoms with Crippen molar-refractivity contribution in [1.29, 1.82) is 0 Å². The molecule has 0 saturated heterocycles. The van der Waals surface area contributed by atoms with E-state index in [4.69, 9.17) is 18.9 Å². The van der Waals surface area contributed by atoms with Gasteiger partial charge in [-0.05, 0) is 41.4 Å². The second-order valence-corrected chi connectivity index (χ2v) is 10.2. The molecule has 214 valence electrons. The zero-order chi connectivity index (χ0) is 29.4. The number of methoxy groups -OCH3 is 2. The molecule has 0 fully saturated rings. The number of pyridine rings is 3. The van der Waals surface area contributed by atoms with Crippen molar-refractivity contribution < 1.29 is 28.1 Å². The molecular formula is C30H25FN4O6S. The van der Waals surface area contributed by atoms with E-state index in [1.807, 2.05) is 28.3 Å². The van der Waals surface area contributed by atoms with E-state index < -0.39 is 17.2 Å². The molecule has 1 aromatic carbocycles. The van der Waals surface area contributed by atoms with Crippen LogP contribution in [-0.4, -0.2) is 41.3 Å². The molecule has 1 N–H and O–H groups in total. The van der Waals surface area contributed by atoms with E-state index in [1.165, 1.54) is 43.9 Å².